The highest BCUT2D eigenvalue weighted by Crippen LogP contribution is 2.44. The number of hydrogen-bond acceptors (Lipinski definition) is 3. The lowest BCUT2D eigenvalue weighted by Gasteiger charge is -2.12. The van der Waals surface area contributed by atoms with Crippen LogP contribution in [0.3, 0.4) is 0 Å². The Bertz CT molecular complexity index is 562. The molecule has 2 N–H and O–H groups in total. The summed E-state index contributed by atoms with van der Waals surface area (Å²) >= 11 is 7.53. The molecular formula is C12H10ClFN2S. The fourth-order valence-corrected chi connectivity index (χ4v) is 3.68. The molecule has 0 aliphatic heterocycles. The third-order valence-electron chi connectivity index (χ3n) is 3.08. The summed E-state index contributed by atoms with van der Waals surface area (Å²) in [6, 6.07) is 4.80. The topological polar surface area (TPSA) is 38.9 Å². The lowest BCUT2D eigenvalue weighted by atomic mass is 9.98. The van der Waals surface area contributed by atoms with Crippen molar-refractivity contribution in [1.82, 2.24) is 4.98 Å². The molecule has 5 heteroatoms. The number of anilines is 1. The summed E-state index contributed by atoms with van der Waals surface area (Å²) in [5, 5.41) is 1.03. The largest absolute Gasteiger partial charge is 0.375 e. The number of thiazole rings is 1. The number of aryl methyl sites for hydroxylation is 1. The Hall–Kier alpha value is -1.13. The van der Waals surface area contributed by atoms with E-state index in [2.05, 4.69) is 4.98 Å². The maximum atomic E-state index is 13.9. The predicted octanol–water partition coefficient (Wildman–Crippen LogP) is 3.60. The van der Waals surface area contributed by atoms with Crippen molar-refractivity contribution < 1.29 is 4.39 Å². The van der Waals surface area contributed by atoms with Gasteiger partial charge < -0.3 is 5.73 Å². The second kappa shape index (κ2) is 3.96. The van der Waals surface area contributed by atoms with Crippen LogP contribution in [0.25, 0.3) is 0 Å². The van der Waals surface area contributed by atoms with Crippen LogP contribution in [0.15, 0.2) is 18.2 Å². The van der Waals surface area contributed by atoms with Crippen LogP contribution in [0.1, 0.15) is 28.5 Å². The van der Waals surface area contributed by atoms with Crippen LogP contribution in [0, 0.1) is 5.82 Å². The number of nitrogens with zero attached hydrogens (tertiary/aromatic N) is 1. The molecule has 3 rings (SSSR count). The van der Waals surface area contributed by atoms with E-state index in [0.717, 1.165) is 23.4 Å². The first-order valence-corrected chi connectivity index (χ1v) is 6.55. The van der Waals surface area contributed by atoms with E-state index in [1.807, 2.05) is 0 Å². The third-order valence-corrected chi connectivity index (χ3v) is 4.45. The molecule has 1 heterocycles. The highest BCUT2D eigenvalue weighted by atomic mass is 35.5. The summed E-state index contributed by atoms with van der Waals surface area (Å²) in [5.41, 5.74) is 7.26. The van der Waals surface area contributed by atoms with E-state index >= 15 is 0 Å². The van der Waals surface area contributed by atoms with Gasteiger partial charge >= 0.3 is 0 Å². The Morgan fingerprint density at radius 1 is 1.47 bits per heavy atom. The van der Waals surface area contributed by atoms with Crippen LogP contribution in [0.5, 0.6) is 0 Å². The fraction of sp³-hybridized carbons (Fsp3) is 0.250. The SMILES string of the molecule is Nc1nc2c(s1)C(c1c(F)cccc1Cl)CC2. The maximum Gasteiger partial charge on any atom is 0.180 e. The van der Waals surface area contributed by atoms with Crippen LogP contribution in [0.4, 0.5) is 9.52 Å². The van der Waals surface area contributed by atoms with Gasteiger partial charge in [0.05, 0.1) is 5.69 Å². The number of halogens is 2. The van der Waals surface area contributed by atoms with Gasteiger partial charge in [0.25, 0.3) is 0 Å². The van der Waals surface area contributed by atoms with Crippen molar-refractivity contribution in [1.29, 1.82) is 0 Å². The quantitative estimate of drug-likeness (QED) is 0.858. The van der Waals surface area contributed by atoms with Crippen molar-refractivity contribution in [3.05, 3.63) is 45.2 Å². The molecule has 0 amide bonds. The minimum Gasteiger partial charge on any atom is -0.375 e. The zero-order valence-corrected chi connectivity index (χ0v) is 10.5. The summed E-state index contributed by atoms with van der Waals surface area (Å²) in [6.45, 7) is 0. The van der Waals surface area contributed by atoms with Crippen molar-refractivity contribution in [2.24, 2.45) is 0 Å². The Labute approximate surface area is 107 Å². The molecule has 1 aromatic carbocycles. The minimum absolute atomic E-state index is 0.00787. The monoisotopic (exact) mass is 268 g/mol. The van der Waals surface area contributed by atoms with E-state index in [1.54, 1.807) is 12.1 Å². The highest BCUT2D eigenvalue weighted by molar-refractivity contribution is 7.15. The van der Waals surface area contributed by atoms with Crippen molar-refractivity contribution in [3.63, 3.8) is 0 Å². The second-order valence-electron chi connectivity index (χ2n) is 4.09. The first-order chi connectivity index (χ1) is 8.16. The van der Waals surface area contributed by atoms with Crippen molar-refractivity contribution in [2.45, 2.75) is 18.8 Å². The molecule has 0 fully saturated rings. The maximum absolute atomic E-state index is 13.9. The number of hydrogen-bond donors (Lipinski definition) is 1. The molecule has 0 bridgehead atoms. The molecule has 1 aliphatic rings. The number of rotatable bonds is 1. The van der Waals surface area contributed by atoms with E-state index in [-0.39, 0.29) is 11.7 Å². The zero-order chi connectivity index (χ0) is 12.0. The average Bonchev–Trinajstić information content (AvgIpc) is 2.78. The minimum atomic E-state index is -0.248. The third kappa shape index (κ3) is 1.72. The number of nitrogen functional groups attached to an aromatic ring is 1. The highest BCUT2D eigenvalue weighted by Gasteiger charge is 2.31. The van der Waals surface area contributed by atoms with E-state index in [1.165, 1.54) is 17.4 Å². The van der Waals surface area contributed by atoms with Crippen molar-refractivity contribution >= 4 is 28.1 Å². The molecule has 0 radical (unpaired) electrons. The summed E-state index contributed by atoms with van der Waals surface area (Å²) in [6.07, 6.45) is 1.70. The van der Waals surface area contributed by atoms with Gasteiger partial charge in [-0.2, -0.15) is 0 Å². The Kier molecular flexibility index (Phi) is 2.56. The van der Waals surface area contributed by atoms with E-state index < -0.39 is 0 Å². The molecular weight excluding hydrogens is 259 g/mol. The summed E-state index contributed by atoms with van der Waals surface area (Å²) in [4.78, 5) is 5.32. The predicted molar refractivity (Wildman–Crippen MR) is 68.1 cm³/mol. The van der Waals surface area contributed by atoms with Gasteiger partial charge in [-0.05, 0) is 25.0 Å². The normalized spacial score (nSPS) is 18.4. The van der Waals surface area contributed by atoms with Gasteiger partial charge in [-0.1, -0.05) is 17.7 Å². The average molecular weight is 269 g/mol. The first kappa shape index (κ1) is 11.0. The van der Waals surface area contributed by atoms with E-state index in [9.17, 15) is 4.39 Å². The molecule has 0 saturated carbocycles. The van der Waals surface area contributed by atoms with Gasteiger partial charge in [-0.15, -0.1) is 11.3 Å². The molecule has 2 aromatic rings. The molecule has 1 unspecified atom stereocenters. The smallest absolute Gasteiger partial charge is 0.180 e. The summed E-state index contributed by atoms with van der Waals surface area (Å²) in [5.74, 6) is -0.240. The number of benzene rings is 1. The Morgan fingerprint density at radius 2 is 2.29 bits per heavy atom. The molecule has 88 valence electrons. The molecule has 0 spiro atoms. The fourth-order valence-electron chi connectivity index (χ4n) is 2.37. The number of aromatic nitrogens is 1. The molecule has 1 atom stereocenters. The first-order valence-electron chi connectivity index (χ1n) is 5.36. The Balaban J connectivity index is 2.12. The van der Waals surface area contributed by atoms with Crippen LogP contribution >= 0.6 is 22.9 Å². The van der Waals surface area contributed by atoms with Crippen LogP contribution in [-0.2, 0) is 6.42 Å². The standard InChI is InChI=1S/C12H10ClFN2S/c13-7-2-1-3-8(14)10(7)6-4-5-9-11(6)17-12(15)16-9/h1-3,6H,4-5H2,(H2,15,16). The molecule has 1 aromatic heterocycles. The number of nitrogens with two attached hydrogens (primary N) is 1. The van der Waals surface area contributed by atoms with Gasteiger partial charge in [0, 0.05) is 21.4 Å². The molecule has 1 aliphatic carbocycles. The van der Waals surface area contributed by atoms with Gasteiger partial charge in [-0.25, -0.2) is 9.37 Å². The van der Waals surface area contributed by atoms with Gasteiger partial charge in [0.1, 0.15) is 5.82 Å². The van der Waals surface area contributed by atoms with Gasteiger partial charge in [0.15, 0.2) is 5.13 Å². The second-order valence-corrected chi connectivity index (χ2v) is 5.56. The summed E-state index contributed by atoms with van der Waals surface area (Å²) in [7, 11) is 0. The molecule has 17 heavy (non-hydrogen) atoms. The van der Waals surface area contributed by atoms with Gasteiger partial charge in [0.2, 0.25) is 0 Å². The zero-order valence-electron chi connectivity index (χ0n) is 8.91. The van der Waals surface area contributed by atoms with E-state index in [0.29, 0.717) is 15.7 Å². The number of fused-ring (bicyclic) bond motifs is 1. The molecule has 2 nitrogen and oxygen atoms in total. The van der Waals surface area contributed by atoms with Crippen LogP contribution in [0.2, 0.25) is 5.02 Å². The lowest BCUT2D eigenvalue weighted by Crippen LogP contribution is -1.99. The lowest BCUT2D eigenvalue weighted by molar-refractivity contribution is 0.596. The van der Waals surface area contributed by atoms with Crippen molar-refractivity contribution in [3.8, 4) is 0 Å². The van der Waals surface area contributed by atoms with Gasteiger partial charge in [-0.3, -0.25) is 0 Å². The van der Waals surface area contributed by atoms with Crippen molar-refractivity contribution in [2.75, 3.05) is 5.73 Å². The molecule has 0 saturated heterocycles. The van der Waals surface area contributed by atoms with Crippen LogP contribution < -0.4 is 5.73 Å². The Morgan fingerprint density at radius 3 is 3.06 bits per heavy atom. The summed E-state index contributed by atoms with van der Waals surface area (Å²) < 4.78 is 13.9. The van der Waals surface area contributed by atoms with E-state index in [4.69, 9.17) is 17.3 Å². The van der Waals surface area contributed by atoms with Crippen LogP contribution in [-0.4, -0.2) is 4.98 Å².